The molecule has 0 aromatic carbocycles. The number of carboxylic acid groups (broad SMARTS) is 1. The number of carbonyl (C=O) groups excluding carboxylic acids is 1. The molecule has 0 fully saturated rings. The van der Waals surface area contributed by atoms with Crippen LogP contribution >= 0.6 is 0 Å². The SMILES string of the molecule is CCCC(=O)CCC.O=CO. The fourth-order valence-electron chi connectivity index (χ4n) is 0.683. The van der Waals surface area contributed by atoms with Crippen LogP contribution in [-0.2, 0) is 9.59 Å². The first-order valence-electron chi connectivity index (χ1n) is 3.82. The van der Waals surface area contributed by atoms with Crippen molar-refractivity contribution >= 4 is 12.3 Å². The molecule has 0 heterocycles. The summed E-state index contributed by atoms with van der Waals surface area (Å²) in [7, 11) is 0. The molecule has 1 N–H and O–H groups in total. The molecule has 0 aliphatic rings. The summed E-state index contributed by atoms with van der Waals surface area (Å²) in [5.41, 5.74) is 0. The number of rotatable bonds is 4. The van der Waals surface area contributed by atoms with Crippen LogP contribution in [0.3, 0.4) is 0 Å². The van der Waals surface area contributed by atoms with E-state index in [0.29, 0.717) is 5.78 Å². The standard InChI is InChI=1S/C7H14O.CH2O2/c1-3-5-7(8)6-4-2;2-1-3/h3-6H2,1-2H3;1H,(H,2,3). The van der Waals surface area contributed by atoms with Crippen molar-refractivity contribution < 1.29 is 14.7 Å². The Balaban J connectivity index is 0. The summed E-state index contributed by atoms with van der Waals surface area (Å²) < 4.78 is 0. The second kappa shape index (κ2) is 11.9. The van der Waals surface area contributed by atoms with Gasteiger partial charge in [-0.3, -0.25) is 9.59 Å². The Morgan fingerprint density at radius 3 is 1.73 bits per heavy atom. The van der Waals surface area contributed by atoms with Gasteiger partial charge in [-0.1, -0.05) is 13.8 Å². The van der Waals surface area contributed by atoms with Crippen LogP contribution < -0.4 is 0 Å². The number of Topliss-reactive ketones (excluding diaryl/α,β-unsaturated/α-hetero) is 1. The van der Waals surface area contributed by atoms with Gasteiger partial charge in [0.15, 0.2) is 0 Å². The van der Waals surface area contributed by atoms with Crippen molar-refractivity contribution in [1.82, 2.24) is 0 Å². The molecule has 0 aliphatic carbocycles. The zero-order valence-electron chi connectivity index (χ0n) is 7.17. The third-order valence-electron chi connectivity index (χ3n) is 1.06. The van der Waals surface area contributed by atoms with Crippen LogP contribution in [0.2, 0.25) is 0 Å². The summed E-state index contributed by atoms with van der Waals surface area (Å²) in [6, 6.07) is 0. The van der Waals surface area contributed by atoms with E-state index in [9.17, 15) is 4.79 Å². The first-order chi connectivity index (χ1) is 5.22. The molecule has 0 aromatic rings. The minimum Gasteiger partial charge on any atom is -0.483 e. The van der Waals surface area contributed by atoms with E-state index in [4.69, 9.17) is 9.90 Å². The van der Waals surface area contributed by atoms with Crippen molar-refractivity contribution in [2.24, 2.45) is 0 Å². The molecular formula is C8H16O3. The van der Waals surface area contributed by atoms with E-state index >= 15 is 0 Å². The van der Waals surface area contributed by atoms with E-state index in [-0.39, 0.29) is 6.47 Å². The average Bonchev–Trinajstić information content (AvgIpc) is 1.90. The molecule has 0 saturated heterocycles. The van der Waals surface area contributed by atoms with Crippen LogP contribution in [-0.4, -0.2) is 17.4 Å². The molecule has 3 heteroatoms. The number of carbonyl (C=O) groups is 2. The van der Waals surface area contributed by atoms with Gasteiger partial charge in [0.2, 0.25) is 0 Å². The van der Waals surface area contributed by atoms with Crippen LogP contribution in [0, 0.1) is 0 Å². The summed E-state index contributed by atoms with van der Waals surface area (Å²) in [6.07, 6.45) is 3.54. The van der Waals surface area contributed by atoms with Gasteiger partial charge in [-0.2, -0.15) is 0 Å². The highest BCUT2D eigenvalue weighted by Crippen LogP contribution is 1.95. The largest absolute Gasteiger partial charge is 0.483 e. The van der Waals surface area contributed by atoms with Crippen molar-refractivity contribution in [3.63, 3.8) is 0 Å². The number of ketones is 1. The van der Waals surface area contributed by atoms with Gasteiger partial charge in [-0.25, -0.2) is 0 Å². The Labute approximate surface area is 67.4 Å². The highest BCUT2D eigenvalue weighted by atomic mass is 16.3. The summed E-state index contributed by atoms with van der Waals surface area (Å²) in [5.74, 6) is 0.412. The predicted octanol–water partition coefficient (Wildman–Crippen LogP) is 1.86. The molecule has 0 aliphatic heterocycles. The van der Waals surface area contributed by atoms with E-state index in [1.807, 2.05) is 13.8 Å². The molecule has 0 amide bonds. The molecule has 3 nitrogen and oxygen atoms in total. The van der Waals surface area contributed by atoms with Gasteiger partial charge < -0.3 is 5.11 Å². The monoisotopic (exact) mass is 160 g/mol. The topological polar surface area (TPSA) is 54.4 Å². The maximum Gasteiger partial charge on any atom is 0.290 e. The lowest BCUT2D eigenvalue weighted by molar-refractivity contribution is -0.123. The zero-order chi connectivity index (χ0) is 9.11. The lowest BCUT2D eigenvalue weighted by atomic mass is 10.1. The minimum absolute atomic E-state index is 0.250. The summed E-state index contributed by atoms with van der Waals surface area (Å²) in [4.78, 5) is 19.0. The van der Waals surface area contributed by atoms with Gasteiger partial charge in [0, 0.05) is 12.8 Å². The van der Waals surface area contributed by atoms with Gasteiger partial charge in [-0.15, -0.1) is 0 Å². The van der Waals surface area contributed by atoms with Crippen LogP contribution in [0.25, 0.3) is 0 Å². The van der Waals surface area contributed by atoms with Crippen molar-refractivity contribution in [2.45, 2.75) is 39.5 Å². The van der Waals surface area contributed by atoms with E-state index < -0.39 is 0 Å². The average molecular weight is 160 g/mol. The van der Waals surface area contributed by atoms with Crippen LogP contribution in [0.4, 0.5) is 0 Å². The van der Waals surface area contributed by atoms with Crippen molar-refractivity contribution in [3.05, 3.63) is 0 Å². The van der Waals surface area contributed by atoms with E-state index in [2.05, 4.69) is 0 Å². The van der Waals surface area contributed by atoms with Crippen molar-refractivity contribution in [3.8, 4) is 0 Å². The maximum atomic E-state index is 10.6. The molecule has 66 valence electrons. The highest BCUT2D eigenvalue weighted by Gasteiger charge is 1.94. The quantitative estimate of drug-likeness (QED) is 0.638. The van der Waals surface area contributed by atoms with Gasteiger partial charge >= 0.3 is 0 Å². The van der Waals surface area contributed by atoms with Crippen LogP contribution in [0.15, 0.2) is 0 Å². The Morgan fingerprint density at radius 2 is 1.55 bits per heavy atom. The molecule has 0 atom stereocenters. The summed E-state index contributed by atoms with van der Waals surface area (Å²) in [5, 5.41) is 6.89. The molecule has 11 heavy (non-hydrogen) atoms. The highest BCUT2D eigenvalue weighted by molar-refractivity contribution is 5.78. The Kier molecular flexibility index (Phi) is 13.8. The van der Waals surface area contributed by atoms with E-state index in [1.54, 1.807) is 0 Å². The van der Waals surface area contributed by atoms with Gasteiger partial charge in [0.05, 0.1) is 0 Å². The van der Waals surface area contributed by atoms with Crippen LogP contribution in [0.5, 0.6) is 0 Å². The zero-order valence-corrected chi connectivity index (χ0v) is 7.17. The Bertz CT molecular complexity index is 91.5. The minimum atomic E-state index is -0.250. The fraction of sp³-hybridized carbons (Fsp3) is 0.750. The normalized spacial score (nSPS) is 7.82. The fourth-order valence-corrected chi connectivity index (χ4v) is 0.683. The summed E-state index contributed by atoms with van der Waals surface area (Å²) in [6.45, 7) is 3.82. The molecule has 0 rings (SSSR count). The lowest BCUT2D eigenvalue weighted by Gasteiger charge is -1.91. The predicted molar refractivity (Wildman–Crippen MR) is 43.5 cm³/mol. The van der Waals surface area contributed by atoms with Crippen molar-refractivity contribution in [2.75, 3.05) is 0 Å². The van der Waals surface area contributed by atoms with Gasteiger partial charge in [0.25, 0.3) is 6.47 Å². The smallest absolute Gasteiger partial charge is 0.290 e. The second-order valence-electron chi connectivity index (χ2n) is 2.14. The van der Waals surface area contributed by atoms with Crippen molar-refractivity contribution in [1.29, 1.82) is 0 Å². The first-order valence-corrected chi connectivity index (χ1v) is 3.82. The summed E-state index contributed by atoms with van der Waals surface area (Å²) >= 11 is 0. The lowest BCUT2D eigenvalue weighted by Crippen LogP contribution is -1.93. The molecule has 0 spiro atoms. The van der Waals surface area contributed by atoms with E-state index in [0.717, 1.165) is 25.7 Å². The third kappa shape index (κ3) is 17.6. The molecule has 0 unspecified atom stereocenters. The third-order valence-corrected chi connectivity index (χ3v) is 1.06. The maximum absolute atomic E-state index is 10.6. The van der Waals surface area contributed by atoms with Gasteiger partial charge in [0.1, 0.15) is 5.78 Å². The van der Waals surface area contributed by atoms with E-state index in [1.165, 1.54) is 0 Å². The van der Waals surface area contributed by atoms with Gasteiger partial charge in [-0.05, 0) is 12.8 Å². The number of hydrogen-bond acceptors (Lipinski definition) is 2. The Morgan fingerprint density at radius 1 is 1.27 bits per heavy atom. The Hall–Kier alpha value is -0.860. The molecule has 0 saturated carbocycles. The first kappa shape index (κ1) is 12.8. The van der Waals surface area contributed by atoms with Crippen LogP contribution in [0.1, 0.15) is 39.5 Å². The molecule has 0 aromatic heterocycles. The molecular weight excluding hydrogens is 144 g/mol. The second-order valence-corrected chi connectivity index (χ2v) is 2.14. The molecule has 0 bridgehead atoms. The molecule has 0 radical (unpaired) electrons. The number of hydrogen-bond donors (Lipinski definition) is 1.